The van der Waals surface area contributed by atoms with Gasteiger partial charge in [0.2, 0.25) is 0 Å². The molecule has 0 aliphatic rings. The summed E-state index contributed by atoms with van der Waals surface area (Å²) in [6.07, 6.45) is 8.52. The van der Waals surface area contributed by atoms with Crippen LogP contribution in [0.1, 0.15) is 32.0 Å². The lowest BCUT2D eigenvalue weighted by Gasteiger charge is -2.05. The number of unbranched alkanes of at least 4 members (excludes halogenated alkanes) is 2. The van der Waals surface area contributed by atoms with Crippen molar-refractivity contribution in [2.45, 2.75) is 39.2 Å². The molecule has 0 aromatic carbocycles. The SMILES string of the molecule is CCc1nccn1CCCCCN. The van der Waals surface area contributed by atoms with Crippen LogP contribution in [-0.4, -0.2) is 16.1 Å². The maximum Gasteiger partial charge on any atom is 0.108 e. The third-order valence-corrected chi connectivity index (χ3v) is 2.22. The Morgan fingerprint density at radius 1 is 1.38 bits per heavy atom. The first-order chi connectivity index (χ1) is 6.38. The largest absolute Gasteiger partial charge is 0.335 e. The Labute approximate surface area is 80.0 Å². The molecule has 0 unspecified atom stereocenters. The van der Waals surface area contributed by atoms with Crippen molar-refractivity contribution in [2.75, 3.05) is 6.54 Å². The second kappa shape index (κ2) is 5.75. The summed E-state index contributed by atoms with van der Waals surface area (Å²) < 4.78 is 2.23. The van der Waals surface area contributed by atoms with Gasteiger partial charge in [0.05, 0.1) is 0 Å². The molecule has 74 valence electrons. The van der Waals surface area contributed by atoms with Gasteiger partial charge in [0, 0.05) is 25.4 Å². The maximum atomic E-state index is 5.42. The highest BCUT2D eigenvalue weighted by molar-refractivity contribution is 4.91. The van der Waals surface area contributed by atoms with Crippen LogP contribution in [0.25, 0.3) is 0 Å². The average Bonchev–Trinajstić information content (AvgIpc) is 2.60. The Hall–Kier alpha value is -0.830. The molecule has 0 fully saturated rings. The van der Waals surface area contributed by atoms with Crippen LogP contribution in [-0.2, 0) is 13.0 Å². The third kappa shape index (κ3) is 3.19. The van der Waals surface area contributed by atoms with E-state index in [9.17, 15) is 0 Å². The maximum absolute atomic E-state index is 5.42. The van der Waals surface area contributed by atoms with Crippen LogP contribution in [0.3, 0.4) is 0 Å². The van der Waals surface area contributed by atoms with Crippen molar-refractivity contribution >= 4 is 0 Å². The molecule has 0 atom stereocenters. The number of hydrogen-bond donors (Lipinski definition) is 1. The van der Waals surface area contributed by atoms with Crippen molar-refractivity contribution in [3.8, 4) is 0 Å². The summed E-state index contributed by atoms with van der Waals surface area (Å²) in [6, 6.07) is 0. The predicted octanol–water partition coefficient (Wildman–Crippen LogP) is 1.57. The lowest BCUT2D eigenvalue weighted by Crippen LogP contribution is -2.03. The third-order valence-electron chi connectivity index (χ3n) is 2.22. The molecular weight excluding hydrogens is 162 g/mol. The van der Waals surface area contributed by atoms with Gasteiger partial charge in [-0.05, 0) is 19.4 Å². The van der Waals surface area contributed by atoms with Crippen LogP contribution in [0.15, 0.2) is 12.4 Å². The predicted molar refractivity (Wildman–Crippen MR) is 54.5 cm³/mol. The molecule has 13 heavy (non-hydrogen) atoms. The fourth-order valence-corrected chi connectivity index (χ4v) is 1.46. The number of aryl methyl sites for hydroxylation is 2. The molecule has 0 aliphatic heterocycles. The van der Waals surface area contributed by atoms with Gasteiger partial charge in [0.1, 0.15) is 5.82 Å². The van der Waals surface area contributed by atoms with Gasteiger partial charge < -0.3 is 10.3 Å². The average molecular weight is 181 g/mol. The molecule has 2 N–H and O–H groups in total. The normalized spacial score (nSPS) is 10.6. The van der Waals surface area contributed by atoms with Crippen molar-refractivity contribution in [3.63, 3.8) is 0 Å². The van der Waals surface area contributed by atoms with Gasteiger partial charge in [0.25, 0.3) is 0 Å². The van der Waals surface area contributed by atoms with E-state index in [0.717, 1.165) is 25.9 Å². The van der Waals surface area contributed by atoms with E-state index in [1.165, 1.54) is 18.7 Å². The fourth-order valence-electron chi connectivity index (χ4n) is 1.46. The summed E-state index contributed by atoms with van der Waals surface area (Å²) in [5.41, 5.74) is 5.42. The Balaban J connectivity index is 2.27. The van der Waals surface area contributed by atoms with Crippen LogP contribution in [0, 0.1) is 0 Å². The van der Waals surface area contributed by atoms with E-state index >= 15 is 0 Å². The van der Waals surface area contributed by atoms with Crippen molar-refractivity contribution in [3.05, 3.63) is 18.2 Å². The lowest BCUT2D eigenvalue weighted by molar-refractivity contribution is 0.574. The van der Waals surface area contributed by atoms with E-state index in [4.69, 9.17) is 5.73 Å². The molecule has 0 radical (unpaired) electrons. The standard InChI is InChI=1S/C10H19N3/c1-2-10-12-7-9-13(10)8-5-3-4-6-11/h7,9H,2-6,8,11H2,1H3. The van der Waals surface area contributed by atoms with Crippen molar-refractivity contribution in [1.82, 2.24) is 9.55 Å². The van der Waals surface area contributed by atoms with Gasteiger partial charge in [-0.2, -0.15) is 0 Å². The molecule has 3 heteroatoms. The minimum absolute atomic E-state index is 0.810. The molecule has 3 nitrogen and oxygen atoms in total. The first-order valence-electron chi connectivity index (χ1n) is 5.08. The quantitative estimate of drug-likeness (QED) is 0.677. The van der Waals surface area contributed by atoms with E-state index in [-0.39, 0.29) is 0 Å². The van der Waals surface area contributed by atoms with E-state index in [1.807, 2.05) is 6.20 Å². The highest BCUT2D eigenvalue weighted by Crippen LogP contribution is 2.02. The molecule has 1 rings (SSSR count). The number of nitrogens with zero attached hydrogens (tertiary/aromatic N) is 2. The van der Waals surface area contributed by atoms with Gasteiger partial charge in [-0.15, -0.1) is 0 Å². The number of hydrogen-bond acceptors (Lipinski definition) is 2. The zero-order valence-electron chi connectivity index (χ0n) is 8.37. The van der Waals surface area contributed by atoms with Crippen LogP contribution in [0.5, 0.6) is 0 Å². The van der Waals surface area contributed by atoms with Crippen LogP contribution >= 0.6 is 0 Å². The van der Waals surface area contributed by atoms with Crippen LogP contribution in [0.4, 0.5) is 0 Å². The van der Waals surface area contributed by atoms with Gasteiger partial charge in [-0.3, -0.25) is 0 Å². The fraction of sp³-hybridized carbons (Fsp3) is 0.700. The highest BCUT2D eigenvalue weighted by atomic mass is 15.1. The smallest absolute Gasteiger partial charge is 0.108 e. The van der Waals surface area contributed by atoms with E-state index in [0.29, 0.717) is 0 Å². The molecule has 0 amide bonds. The van der Waals surface area contributed by atoms with Gasteiger partial charge in [0.15, 0.2) is 0 Å². The highest BCUT2D eigenvalue weighted by Gasteiger charge is 1.98. The van der Waals surface area contributed by atoms with Crippen LogP contribution < -0.4 is 5.73 Å². The Bertz CT molecular complexity index is 230. The molecule has 1 aromatic rings. The summed E-state index contributed by atoms with van der Waals surface area (Å²) in [5, 5.41) is 0. The van der Waals surface area contributed by atoms with Crippen LogP contribution in [0.2, 0.25) is 0 Å². The number of nitrogens with two attached hydrogens (primary N) is 1. The molecule has 1 heterocycles. The number of imidazole rings is 1. The monoisotopic (exact) mass is 181 g/mol. The molecule has 0 saturated heterocycles. The molecule has 0 spiro atoms. The summed E-state index contributed by atoms with van der Waals surface area (Å²) in [7, 11) is 0. The topological polar surface area (TPSA) is 43.8 Å². The molecular formula is C10H19N3. The van der Waals surface area contributed by atoms with Crippen molar-refractivity contribution < 1.29 is 0 Å². The summed E-state index contributed by atoms with van der Waals surface area (Å²) >= 11 is 0. The Morgan fingerprint density at radius 3 is 2.92 bits per heavy atom. The molecule has 0 saturated carbocycles. The Morgan fingerprint density at radius 2 is 2.23 bits per heavy atom. The minimum Gasteiger partial charge on any atom is -0.335 e. The van der Waals surface area contributed by atoms with Gasteiger partial charge >= 0.3 is 0 Å². The van der Waals surface area contributed by atoms with E-state index in [2.05, 4.69) is 22.7 Å². The van der Waals surface area contributed by atoms with E-state index < -0.39 is 0 Å². The Kier molecular flexibility index (Phi) is 4.54. The lowest BCUT2D eigenvalue weighted by atomic mass is 10.2. The number of aromatic nitrogens is 2. The van der Waals surface area contributed by atoms with E-state index in [1.54, 1.807) is 0 Å². The second-order valence-corrected chi connectivity index (χ2v) is 3.24. The van der Waals surface area contributed by atoms with Gasteiger partial charge in [-0.1, -0.05) is 13.3 Å². The summed E-state index contributed by atoms with van der Waals surface area (Å²) in [5.74, 6) is 1.19. The zero-order valence-corrected chi connectivity index (χ0v) is 8.37. The first kappa shape index (κ1) is 10.3. The zero-order chi connectivity index (χ0) is 9.52. The first-order valence-corrected chi connectivity index (χ1v) is 5.08. The molecule has 0 aliphatic carbocycles. The molecule has 1 aromatic heterocycles. The van der Waals surface area contributed by atoms with Gasteiger partial charge in [-0.25, -0.2) is 4.98 Å². The minimum atomic E-state index is 0.810. The second-order valence-electron chi connectivity index (χ2n) is 3.24. The summed E-state index contributed by atoms with van der Waals surface area (Å²) in [4.78, 5) is 4.27. The number of rotatable bonds is 6. The molecule has 0 bridgehead atoms. The van der Waals surface area contributed by atoms with Crippen molar-refractivity contribution in [1.29, 1.82) is 0 Å². The van der Waals surface area contributed by atoms with Crippen molar-refractivity contribution in [2.24, 2.45) is 5.73 Å². The summed E-state index contributed by atoms with van der Waals surface area (Å²) in [6.45, 7) is 4.03.